The van der Waals surface area contributed by atoms with Crippen molar-refractivity contribution in [2.45, 2.75) is 77.0 Å². The third-order valence-electron chi connectivity index (χ3n) is 7.88. The Morgan fingerprint density at radius 2 is 1.60 bits per heavy atom. The van der Waals surface area contributed by atoms with Gasteiger partial charge in [-0.05, 0) is 57.1 Å². The molecular formula is C33H48N4O5. The molecule has 2 aromatic rings. The molecule has 230 valence electrons. The highest BCUT2D eigenvalue weighted by Gasteiger charge is 2.37. The van der Waals surface area contributed by atoms with Crippen molar-refractivity contribution in [1.82, 2.24) is 20.9 Å². The Kier molecular flexibility index (Phi) is 13.8. The zero-order valence-corrected chi connectivity index (χ0v) is 25.3. The molecule has 0 bridgehead atoms. The van der Waals surface area contributed by atoms with Crippen LogP contribution in [0.15, 0.2) is 54.6 Å². The predicted octanol–water partition coefficient (Wildman–Crippen LogP) is 2.99. The minimum atomic E-state index is -1.09. The number of aryl methyl sites for hydroxylation is 2. The van der Waals surface area contributed by atoms with E-state index >= 15 is 0 Å². The van der Waals surface area contributed by atoms with E-state index in [2.05, 4.69) is 35.0 Å². The van der Waals surface area contributed by atoms with Crippen LogP contribution in [0.2, 0.25) is 0 Å². The minimum Gasteiger partial charge on any atom is -0.492 e. The van der Waals surface area contributed by atoms with Crippen molar-refractivity contribution in [2.75, 3.05) is 33.3 Å². The number of aliphatic hydroxyl groups excluding tert-OH is 1. The molecule has 1 saturated carbocycles. The van der Waals surface area contributed by atoms with Gasteiger partial charge in [0.2, 0.25) is 17.7 Å². The van der Waals surface area contributed by atoms with Crippen molar-refractivity contribution in [3.8, 4) is 5.75 Å². The first kappa shape index (κ1) is 33.1. The Hall–Kier alpha value is -3.43. The molecular weight excluding hydrogens is 532 g/mol. The summed E-state index contributed by atoms with van der Waals surface area (Å²) < 4.78 is 6.05. The third-order valence-corrected chi connectivity index (χ3v) is 7.88. The number of carbonyl (C=O) groups excluding carboxylic acids is 3. The maximum atomic E-state index is 13.6. The van der Waals surface area contributed by atoms with Crippen LogP contribution < -0.4 is 20.7 Å². The molecule has 9 nitrogen and oxygen atoms in total. The fraction of sp³-hybridized carbons (Fsp3) is 0.545. The van der Waals surface area contributed by atoms with Gasteiger partial charge >= 0.3 is 0 Å². The van der Waals surface area contributed by atoms with Gasteiger partial charge in [0.1, 0.15) is 18.4 Å². The Balaban J connectivity index is 0.000000603. The average molecular weight is 581 g/mol. The first-order chi connectivity index (χ1) is 20.3. The number of likely N-dealkylation sites (N-methyl/N-ethyl adjacent to an activating group) is 1. The predicted molar refractivity (Wildman–Crippen MR) is 164 cm³/mol. The molecule has 1 aliphatic heterocycles. The van der Waals surface area contributed by atoms with Gasteiger partial charge in [-0.15, -0.1) is 0 Å². The maximum Gasteiger partial charge on any atom is 0.245 e. The summed E-state index contributed by atoms with van der Waals surface area (Å²) in [7, 11) is 1.54. The molecule has 0 aromatic heterocycles. The highest BCUT2D eigenvalue weighted by atomic mass is 16.5. The molecule has 1 fully saturated rings. The number of hydrogen-bond acceptors (Lipinski definition) is 6. The molecule has 0 spiro atoms. The molecule has 1 aliphatic carbocycles. The van der Waals surface area contributed by atoms with Crippen LogP contribution in [-0.4, -0.2) is 79.2 Å². The zero-order valence-electron chi connectivity index (χ0n) is 25.3. The second kappa shape index (κ2) is 17.5. The molecule has 4 N–H and O–H groups in total. The van der Waals surface area contributed by atoms with E-state index < -0.39 is 24.1 Å². The lowest BCUT2D eigenvalue weighted by atomic mass is 9.83. The van der Waals surface area contributed by atoms with E-state index in [0.717, 1.165) is 56.3 Å². The third kappa shape index (κ3) is 10.4. The summed E-state index contributed by atoms with van der Waals surface area (Å²) in [6.07, 6.45) is 5.56. The van der Waals surface area contributed by atoms with Crippen LogP contribution >= 0.6 is 0 Å². The molecule has 2 aromatic carbocycles. The molecule has 3 unspecified atom stereocenters. The van der Waals surface area contributed by atoms with Gasteiger partial charge in [-0.25, -0.2) is 0 Å². The van der Waals surface area contributed by atoms with Gasteiger partial charge in [-0.3, -0.25) is 14.4 Å². The number of fused-ring (bicyclic) bond motifs is 1. The van der Waals surface area contributed by atoms with E-state index in [1.165, 1.54) is 17.4 Å². The second-order valence-corrected chi connectivity index (χ2v) is 11.2. The summed E-state index contributed by atoms with van der Waals surface area (Å²) >= 11 is 0. The summed E-state index contributed by atoms with van der Waals surface area (Å²) in [6.45, 7) is 4.69. The van der Waals surface area contributed by atoms with Crippen molar-refractivity contribution in [3.05, 3.63) is 65.7 Å². The molecule has 0 radical (unpaired) electrons. The van der Waals surface area contributed by atoms with E-state index in [1.54, 1.807) is 7.05 Å². The number of benzene rings is 2. The standard InChI is InChI=1S/C26H40N4O5.C7H8/c1-18(31)24-25(33)29-17-22(32)27-14-8-12-19-9-6-7-13-21(19)35-16-15-28-23(26(34)30(24)2)20-10-4-3-5-11-20;1-7-5-3-2-4-6-7/h6-7,9,13,18,20,23-24,28,31H,3-5,8,10-12,14-17H2,1-2H3,(H,27,32)(H,29,33);2-6H,1H3. The monoisotopic (exact) mass is 580 g/mol. The molecule has 0 saturated heterocycles. The summed E-state index contributed by atoms with van der Waals surface area (Å²) in [5.41, 5.74) is 2.39. The molecule has 3 atom stereocenters. The minimum absolute atomic E-state index is 0.153. The van der Waals surface area contributed by atoms with Gasteiger partial charge in [0.15, 0.2) is 0 Å². The fourth-order valence-corrected chi connectivity index (χ4v) is 5.60. The van der Waals surface area contributed by atoms with Crippen LogP contribution in [0.25, 0.3) is 0 Å². The normalized spacial score (nSPS) is 22.6. The van der Waals surface area contributed by atoms with E-state index in [0.29, 0.717) is 19.7 Å². The van der Waals surface area contributed by atoms with E-state index in [4.69, 9.17) is 4.74 Å². The number of aliphatic hydroxyl groups is 1. The van der Waals surface area contributed by atoms with Crippen molar-refractivity contribution < 1.29 is 24.2 Å². The molecule has 9 heteroatoms. The molecule has 1 heterocycles. The van der Waals surface area contributed by atoms with Crippen molar-refractivity contribution in [2.24, 2.45) is 5.92 Å². The number of rotatable bonds is 2. The zero-order chi connectivity index (χ0) is 30.3. The Bertz CT molecular complexity index is 1120. The SMILES string of the molecule is CC(O)C1C(=O)NCC(=O)NCCCc2ccccc2OCCNC(C2CCCCC2)C(=O)N1C.Cc1ccccc1. The van der Waals surface area contributed by atoms with Crippen molar-refractivity contribution >= 4 is 17.7 Å². The average Bonchev–Trinajstić information content (AvgIpc) is 2.99. The molecule has 2 aliphatic rings. The lowest BCUT2D eigenvalue weighted by Gasteiger charge is -2.36. The van der Waals surface area contributed by atoms with E-state index in [-0.39, 0.29) is 24.3 Å². The number of ether oxygens (including phenoxy) is 1. The van der Waals surface area contributed by atoms with Crippen LogP contribution in [0.3, 0.4) is 0 Å². The van der Waals surface area contributed by atoms with Gasteiger partial charge in [0.05, 0.1) is 18.7 Å². The van der Waals surface area contributed by atoms with Crippen LogP contribution in [0.1, 0.15) is 56.6 Å². The second-order valence-electron chi connectivity index (χ2n) is 11.2. The topological polar surface area (TPSA) is 120 Å². The molecule has 4 rings (SSSR count). The number of carbonyl (C=O) groups is 3. The first-order valence-corrected chi connectivity index (χ1v) is 15.2. The van der Waals surface area contributed by atoms with Gasteiger partial charge in [0, 0.05) is 20.1 Å². The largest absolute Gasteiger partial charge is 0.492 e. The number of nitrogens with one attached hydrogen (secondary N) is 3. The van der Waals surface area contributed by atoms with E-state index in [1.807, 2.05) is 42.5 Å². The number of amides is 3. The Labute approximate surface area is 250 Å². The summed E-state index contributed by atoms with van der Waals surface area (Å²) in [4.78, 5) is 40.1. The van der Waals surface area contributed by atoms with Crippen molar-refractivity contribution in [3.63, 3.8) is 0 Å². The quantitative estimate of drug-likeness (QED) is 0.434. The number of nitrogens with zero attached hydrogens (tertiary/aromatic N) is 1. The fourth-order valence-electron chi connectivity index (χ4n) is 5.60. The molecule has 3 amide bonds. The van der Waals surface area contributed by atoms with Gasteiger partial charge < -0.3 is 30.7 Å². The maximum absolute atomic E-state index is 13.6. The summed E-state index contributed by atoms with van der Waals surface area (Å²) in [5.74, 6) is -0.138. The lowest BCUT2D eigenvalue weighted by Crippen LogP contribution is -2.59. The van der Waals surface area contributed by atoms with E-state index in [9.17, 15) is 19.5 Å². The first-order valence-electron chi connectivity index (χ1n) is 15.2. The summed E-state index contributed by atoms with van der Waals surface area (Å²) in [6, 6.07) is 16.5. The smallest absolute Gasteiger partial charge is 0.245 e. The van der Waals surface area contributed by atoms with Crippen LogP contribution in [0, 0.1) is 12.8 Å². The Morgan fingerprint density at radius 1 is 0.905 bits per heavy atom. The number of hydrogen-bond donors (Lipinski definition) is 4. The highest BCUT2D eigenvalue weighted by Crippen LogP contribution is 2.28. The van der Waals surface area contributed by atoms with Gasteiger partial charge in [0.25, 0.3) is 0 Å². The van der Waals surface area contributed by atoms with Gasteiger partial charge in [-0.2, -0.15) is 0 Å². The van der Waals surface area contributed by atoms with Crippen LogP contribution in [-0.2, 0) is 20.8 Å². The van der Waals surface area contributed by atoms with Crippen LogP contribution in [0.4, 0.5) is 0 Å². The summed E-state index contributed by atoms with van der Waals surface area (Å²) in [5, 5.41) is 19.1. The van der Waals surface area contributed by atoms with Crippen LogP contribution in [0.5, 0.6) is 5.75 Å². The molecule has 42 heavy (non-hydrogen) atoms. The highest BCUT2D eigenvalue weighted by molar-refractivity contribution is 5.92. The van der Waals surface area contributed by atoms with Gasteiger partial charge in [-0.1, -0.05) is 73.4 Å². The number of para-hydroxylation sites is 1. The Morgan fingerprint density at radius 3 is 2.26 bits per heavy atom. The lowest BCUT2D eigenvalue weighted by molar-refractivity contribution is -0.145. The van der Waals surface area contributed by atoms with Crippen molar-refractivity contribution in [1.29, 1.82) is 0 Å².